The van der Waals surface area contributed by atoms with Gasteiger partial charge in [-0.1, -0.05) is 12.2 Å². The van der Waals surface area contributed by atoms with E-state index >= 15 is 0 Å². The predicted molar refractivity (Wildman–Crippen MR) is 60.4 cm³/mol. The second-order valence-electron chi connectivity index (χ2n) is 3.33. The van der Waals surface area contributed by atoms with Crippen molar-refractivity contribution >= 4 is 6.01 Å². The summed E-state index contributed by atoms with van der Waals surface area (Å²) >= 11 is 0. The molecule has 0 bridgehead atoms. The van der Waals surface area contributed by atoms with Gasteiger partial charge in [-0.05, 0) is 0 Å². The van der Waals surface area contributed by atoms with E-state index in [-0.39, 0.29) is 13.1 Å². The summed E-state index contributed by atoms with van der Waals surface area (Å²) in [7, 11) is 0. The normalized spacial score (nSPS) is 11.1. The fourth-order valence-corrected chi connectivity index (χ4v) is 1.21. The van der Waals surface area contributed by atoms with Crippen LogP contribution in [0.15, 0.2) is 40.6 Å². The highest BCUT2D eigenvalue weighted by atomic mass is 19.4. The van der Waals surface area contributed by atoms with Gasteiger partial charge in [0.15, 0.2) is 5.69 Å². The SMILES string of the molecule is C=CCN(CC=C)c1nc(C(F)(F)F)cc(=O)o1. The summed E-state index contributed by atoms with van der Waals surface area (Å²) in [6, 6.07) is -0.0987. The maximum Gasteiger partial charge on any atom is 0.433 e. The molecule has 1 rings (SSSR count). The standard InChI is InChI=1S/C11H11F3N2O2/c1-3-5-16(6-4-2)10-15-8(11(12,13)14)7-9(17)18-10/h3-4,7H,1-2,5-6H2. The lowest BCUT2D eigenvalue weighted by molar-refractivity contribution is -0.141. The van der Waals surface area contributed by atoms with Gasteiger partial charge in [-0.25, -0.2) is 4.79 Å². The first-order valence-electron chi connectivity index (χ1n) is 4.94. The van der Waals surface area contributed by atoms with Crippen LogP contribution < -0.4 is 10.5 Å². The van der Waals surface area contributed by atoms with Crippen LogP contribution >= 0.6 is 0 Å². The van der Waals surface area contributed by atoms with Crippen molar-refractivity contribution in [3.05, 3.63) is 47.5 Å². The number of alkyl halides is 3. The number of hydrogen-bond donors (Lipinski definition) is 0. The third-order valence-corrected chi connectivity index (χ3v) is 1.92. The van der Waals surface area contributed by atoms with E-state index < -0.39 is 23.5 Å². The molecule has 0 aliphatic heterocycles. The molecule has 0 unspecified atom stereocenters. The van der Waals surface area contributed by atoms with Crippen LogP contribution in [0.5, 0.6) is 0 Å². The summed E-state index contributed by atoms with van der Waals surface area (Å²) in [4.78, 5) is 15.7. The highest BCUT2D eigenvalue weighted by Gasteiger charge is 2.34. The second kappa shape index (κ2) is 5.52. The Labute approximate surface area is 101 Å². The van der Waals surface area contributed by atoms with E-state index in [1.165, 1.54) is 17.1 Å². The molecule has 18 heavy (non-hydrogen) atoms. The minimum Gasteiger partial charge on any atom is -0.389 e. The highest BCUT2D eigenvalue weighted by molar-refractivity contribution is 5.29. The van der Waals surface area contributed by atoms with Gasteiger partial charge in [0.2, 0.25) is 0 Å². The smallest absolute Gasteiger partial charge is 0.389 e. The molecule has 0 atom stereocenters. The molecule has 0 aromatic carbocycles. The van der Waals surface area contributed by atoms with Crippen molar-refractivity contribution < 1.29 is 17.6 Å². The van der Waals surface area contributed by atoms with Crippen molar-refractivity contribution in [3.8, 4) is 0 Å². The van der Waals surface area contributed by atoms with Gasteiger partial charge in [0.25, 0.3) is 0 Å². The van der Waals surface area contributed by atoms with Crippen molar-refractivity contribution in [3.63, 3.8) is 0 Å². The average Bonchev–Trinajstić information content (AvgIpc) is 2.27. The maximum atomic E-state index is 12.5. The van der Waals surface area contributed by atoms with Crippen LogP contribution in [-0.2, 0) is 6.18 Å². The average molecular weight is 260 g/mol. The lowest BCUT2D eigenvalue weighted by Crippen LogP contribution is -2.27. The summed E-state index contributed by atoms with van der Waals surface area (Å²) < 4.78 is 42.1. The molecule has 0 N–H and O–H groups in total. The monoisotopic (exact) mass is 260 g/mol. The van der Waals surface area contributed by atoms with Crippen LogP contribution in [0.4, 0.5) is 19.2 Å². The van der Waals surface area contributed by atoms with Gasteiger partial charge >= 0.3 is 17.8 Å². The van der Waals surface area contributed by atoms with E-state index in [1.54, 1.807) is 0 Å². The van der Waals surface area contributed by atoms with E-state index in [4.69, 9.17) is 0 Å². The minimum absolute atomic E-state index is 0.184. The molecule has 98 valence electrons. The number of rotatable bonds is 5. The van der Waals surface area contributed by atoms with Crippen molar-refractivity contribution in [2.24, 2.45) is 0 Å². The Morgan fingerprint density at radius 3 is 2.33 bits per heavy atom. The number of nitrogens with zero attached hydrogens (tertiary/aromatic N) is 2. The number of hydrogen-bond acceptors (Lipinski definition) is 4. The van der Waals surface area contributed by atoms with Gasteiger partial charge in [-0.15, -0.1) is 13.2 Å². The first-order chi connectivity index (χ1) is 8.38. The van der Waals surface area contributed by atoms with Gasteiger partial charge in [-0.2, -0.15) is 18.2 Å². The Bertz CT molecular complexity index is 484. The first kappa shape index (κ1) is 14.0. The fraction of sp³-hybridized carbons (Fsp3) is 0.273. The second-order valence-corrected chi connectivity index (χ2v) is 3.33. The van der Waals surface area contributed by atoms with E-state index in [9.17, 15) is 18.0 Å². The van der Waals surface area contributed by atoms with Gasteiger partial charge < -0.3 is 9.32 Å². The van der Waals surface area contributed by atoms with Gasteiger partial charge in [0.05, 0.1) is 6.07 Å². The molecule has 0 saturated carbocycles. The first-order valence-corrected chi connectivity index (χ1v) is 4.94. The summed E-state index contributed by atoms with van der Waals surface area (Å²) in [6.07, 6.45) is -1.80. The fourth-order valence-electron chi connectivity index (χ4n) is 1.21. The lowest BCUT2D eigenvalue weighted by Gasteiger charge is -2.18. The molecule has 0 aliphatic carbocycles. The largest absolute Gasteiger partial charge is 0.433 e. The van der Waals surface area contributed by atoms with Crippen molar-refractivity contribution in [2.45, 2.75) is 6.18 Å². The van der Waals surface area contributed by atoms with E-state index in [1.807, 2.05) is 0 Å². The number of anilines is 1. The van der Waals surface area contributed by atoms with E-state index in [0.29, 0.717) is 6.07 Å². The number of halogens is 3. The van der Waals surface area contributed by atoms with Crippen molar-refractivity contribution in [2.75, 3.05) is 18.0 Å². The summed E-state index contributed by atoms with van der Waals surface area (Å²) in [6.45, 7) is 7.28. The molecule has 0 fully saturated rings. The lowest BCUT2D eigenvalue weighted by atomic mass is 10.4. The third-order valence-electron chi connectivity index (χ3n) is 1.92. The summed E-state index contributed by atoms with van der Waals surface area (Å²) in [5.41, 5.74) is -2.39. The summed E-state index contributed by atoms with van der Waals surface area (Å²) in [5.74, 6) is 0. The molecule has 1 aromatic rings. The molecule has 0 radical (unpaired) electrons. The zero-order chi connectivity index (χ0) is 13.8. The van der Waals surface area contributed by atoms with Crippen LogP contribution in [0.25, 0.3) is 0 Å². The van der Waals surface area contributed by atoms with Gasteiger partial charge in [0, 0.05) is 13.1 Å². The van der Waals surface area contributed by atoms with E-state index in [2.05, 4.69) is 22.6 Å². The molecule has 0 amide bonds. The van der Waals surface area contributed by atoms with Gasteiger partial charge in [0.1, 0.15) is 0 Å². The molecule has 0 aliphatic rings. The Balaban J connectivity index is 3.22. The predicted octanol–water partition coefficient (Wildman–Crippen LogP) is 2.23. The maximum absolute atomic E-state index is 12.5. The van der Waals surface area contributed by atoms with Crippen LogP contribution in [0, 0.1) is 0 Å². The Kier molecular flexibility index (Phi) is 4.30. The van der Waals surface area contributed by atoms with E-state index in [0.717, 1.165) is 0 Å². The summed E-state index contributed by atoms with van der Waals surface area (Å²) in [5, 5.41) is 0. The molecular formula is C11H11F3N2O2. The van der Waals surface area contributed by atoms with Crippen molar-refractivity contribution in [1.82, 2.24) is 4.98 Å². The third kappa shape index (κ3) is 3.47. The Morgan fingerprint density at radius 2 is 1.89 bits per heavy atom. The van der Waals surface area contributed by atoms with Crippen LogP contribution in [0.1, 0.15) is 5.69 Å². The quantitative estimate of drug-likeness (QED) is 0.762. The zero-order valence-corrected chi connectivity index (χ0v) is 9.41. The van der Waals surface area contributed by atoms with Crippen LogP contribution in [0.2, 0.25) is 0 Å². The molecule has 7 heteroatoms. The Morgan fingerprint density at radius 1 is 1.33 bits per heavy atom. The van der Waals surface area contributed by atoms with Crippen molar-refractivity contribution in [1.29, 1.82) is 0 Å². The minimum atomic E-state index is -4.70. The molecule has 0 saturated heterocycles. The van der Waals surface area contributed by atoms with Gasteiger partial charge in [-0.3, -0.25) is 0 Å². The van der Waals surface area contributed by atoms with Crippen LogP contribution in [0.3, 0.4) is 0 Å². The number of aromatic nitrogens is 1. The highest BCUT2D eigenvalue weighted by Crippen LogP contribution is 2.27. The Hall–Kier alpha value is -2.05. The van der Waals surface area contributed by atoms with Crippen LogP contribution in [-0.4, -0.2) is 18.1 Å². The molecule has 4 nitrogen and oxygen atoms in total. The molecule has 1 aromatic heterocycles. The topological polar surface area (TPSA) is 46.3 Å². The molecule has 0 spiro atoms. The molecular weight excluding hydrogens is 249 g/mol. The zero-order valence-electron chi connectivity index (χ0n) is 9.41. The molecule has 1 heterocycles.